The summed E-state index contributed by atoms with van der Waals surface area (Å²) >= 11 is 0. The average Bonchev–Trinajstić information content (AvgIpc) is 2.39. The molecule has 1 aromatic carbocycles. The number of para-hydroxylation sites is 1. The molecule has 4 heteroatoms. The molecule has 0 aromatic heterocycles. The van der Waals surface area contributed by atoms with Gasteiger partial charge in [0.15, 0.2) is 0 Å². The van der Waals surface area contributed by atoms with E-state index in [2.05, 4.69) is 29.3 Å². The highest BCUT2D eigenvalue weighted by atomic mass is 16.3. The van der Waals surface area contributed by atoms with Gasteiger partial charge in [-0.2, -0.15) is 0 Å². The minimum Gasteiger partial charge on any atom is -0.508 e. The van der Waals surface area contributed by atoms with Crippen LogP contribution < -0.4 is 5.43 Å². The summed E-state index contributed by atoms with van der Waals surface area (Å²) in [5, 5.41) is 12.2. The molecule has 4 nitrogen and oxygen atoms in total. The molecule has 100 valence electrons. The molecule has 0 bridgehead atoms. The molecule has 1 aliphatic heterocycles. The van der Waals surface area contributed by atoms with Crippen LogP contribution in [0.2, 0.25) is 0 Å². The van der Waals surface area contributed by atoms with Crippen molar-refractivity contribution in [1.82, 2.24) is 15.3 Å². The van der Waals surface area contributed by atoms with E-state index in [1.807, 2.05) is 18.2 Å². The molecule has 1 atom stereocenters. The average molecular weight is 249 g/mol. The topological polar surface area (TPSA) is 38.7 Å². The van der Waals surface area contributed by atoms with E-state index < -0.39 is 0 Å². The maximum absolute atomic E-state index is 9.92. The monoisotopic (exact) mass is 249 g/mol. The molecule has 1 aromatic rings. The molecule has 0 saturated carbocycles. The second-order valence-electron chi connectivity index (χ2n) is 4.94. The molecule has 18 heavy (non-hydrogen) atoms. The Kier molecular flexibility index (Phi) is 4.58. The number of likely N-dealkylation sites (N-methyl/N-ethyl adjacent to an activating group) is 1. The molecular formula is C14H23N3O. The van der Waals surface area contributed by atoms with Crippen LogP contribution in [0, 0.1) is 0 Å². The SMILES string of the molecule is CCC(NN1CCN(C)CC1)c1ccccc1O. The van der Waals surface area contributed by atoms with Crippen LogP contribution >= 0.6 is 0 Å². The standard InChI is InChI=1S/C14H23N3O/c1-3-13(12-6-4-5-7-14(12)18)15-17-10-8-16(2)9-11-17/h4-7,13,15,18H,3,8-11H2,1-2H3. The Morgan fingerprint density at radius 1 is 1.22 bits per heavy atom. The fraction of sp³-hybridized carbons (Fsp3) is 0.571. The van der Waals surface area contributed by atoms with Crippen LogP contribution in [0.4, 0.5) is 0 Å². The third-order valence-electron chi connectivity index (χ3n) is 3.56. The van der Waals surface area contributed by atoms with E-state index in [1.54, 1.807) is 6.07 Å². The van der Waals surface area contributed by atoms with Crippen molar-refractivity contribution >= 4 is 0 Å². The summed E-state index contributed by atoms with van der Waals surface area (Å²) in [4.78, 5) is 2.33. The van der Waals surface area contributed by atoms with E-state index in [0.717, 1.165) is 38.2 Å². The molecule has 1 saturated heterocycles. The van der Waals surface area contributed by atoms with Gasteiger partial charge in [0, 0.05) is 37.8 Å². The molecule has 0 aliphatic carbocycles. The van der Waals surface area contributed by atoms with Crippen LogP contribution in [-0.4, -0.2) is 48.2 Å². The second-order valence-corrected chi connectivity index (χ2v) is 4.94. The zero-order valence-electron chi connectivity index (χ0n) is 11.3. The first-order chi connectivity index (χ1) is 8.70. The van der Waals surface area contributed by atoms with E-state index >= 15 is 0 Å². The van der Waals surface area contributed by atoms with Crippen molar-refractivity contribution in [2.75, 3.05) is 33.2 Å². The molecule has 1 fully saturated rings. The Bertz CT molecular complexity index is 375. The molecule has 1 unspecified atom stereocenters. The second kappa shape index (κ2) is 6.18. The Morgan fingerprint density at radius 2 is 1.89 bits per heavy atom. The van der Waals surface area contributed by atoms with Crippen LogP contribution in [0.25, 0.3) is 0 Å². The summed E-state index contributed by atoms with van der Waals surface area (Å²) in [6, 6.07) is 7.77. The number of nitrogens with one attached hydrogen (secondary N) is 1. The van der Waals surface area contributed by atoms with Crippen LogP contribution in [0.3, 0.4) is 0 Å². The highest BCUT2D eigenvalue weighted by Gasteiger charge is 2.19. The largest absolute Gasteiger partial charge is 0.508 e. The number of benzene rings is 1. The number of hydrogen-bond donors (Lipinski definition) is 2. The van der Waals surface area contributed by atoms with Gasteiger partial charge in [0.1, 0.15) is 5.75 Å². The lowest BCUT2D eigenvalue weighted by Crippen LogP contribution is -2.51. The van der Waals surface area contributed by atoms with Gasteiger partial charge >= 0.3 is 0 Å². The lowest BCUT2D eigenvalue weighted by molar-refractivity contribution is 0.0852. The van der Waals surface area contributed by atoms with Gasteiger partial charge in [-0.15, -0.1) is 0 Å². The van der Waals surface area contributed by atoms with E-state index in [9.17, 15) is 5.11 Å². The number of piperazine rings is 1. The van der Waals surface area contributed by atoms with Gasteiger partial charge in [0.05, 0.1) is 0 Å². The van der Waals surface area contributed by atoms with E-state index in [4.69, 9.17) is 0 Å². The minimum atomic E-state index is 0.189. The van der Waals surface area contributed by atoms with Crippen LogP contribution in [-0.2, 0) is 0 Å². The summed E-state index contributed by atoms with van der Waals surface area (Å²) in [7, 11) is 2.15. The zero-order chi connectivity index (χ0) is 13.0. The normalized spacial score (nSPS) is 19.9. The molecular weight excluding hydrogens is 226 g/mol. The Balaban J connectivity index is 1.99. The summed E-state index contributed by atoms with van der Waals surface area (Å²) in [5.74, 6) is 0.381. The smallest absolute Gasteiger partial charge is 0.120 e. The molecule has 1 aliphatic rings. The number of phenols is 1. The van der Waals surface area contributed by atoms with E-state index in [1.165, 1.54) is 0 Å². The first-order valence-corrected chi connectivity index (χ1v) is 6.68. The van der Waals surface area contributed by atoms with E-state index in [0.29, 0.717) is 5.75 Å². The third kappa shape index (κ3) is 3.22. The number of nitrogens with zero attached hydrogens (tertiary/aromatic N) is 2. The van der Waals surface area contributed by atoms with Crippen LogP contribution in [0.1, 0.15) is 24.9 Å². The number of aromatic hydroxyl groups is 1. The van der Waals surface area contributed by atoms with Crippen LogP contribution in [0.15, 0.2) is 24.3 Å². The summed E-state index contributed by atoms with van der Waals surface area (Å²) in [5.41, 5.74) is 4.52. The fourth-order valence-corrected chi connectivity index (χ4v) is 2.32. The summed E-state index contributed by atoms with van der Waals surface area (Å²) < 4.78 is 0. The van der Waals surface area contributed by atoms with Gasteiger partial charge in [0.2, 0.25) is 0 Å². The van der Waals surface area contributed by atoms with Gasteiger partial charge in [-0.3, -0.25) is 0 Å². The lowest BCUT2D eigenvalue weighted by atomic mass is 10.0. The van der Waals surface area contributed by atoms with Crippen molar-refractivity contribution in [1.29, 1.82) is 0 Å². The van der Waals surface area contributed by atoms with Crippen LogP contribution in [0.5, 0.6) is 5.75 Å². The zero-order valence-corrected chi connectivity index (χ0v) is 11.3. The highest BCUT2D eigenvalue weighted by Crippen LogP contribution is 2.26. The predicted octanol–water partition coefficient (Wildman–Crippen LogP) is 1.60. The molecule has 2 rings (SSSR count). The number of hydrogen-bond acceptors (Lipinski definition) is 4. The van der Waals surface area contributed by atoms with E-state index in [-0.39, 0.29) is 6.04 Å². The van der Waals surface area contributed by atoms with Gasteiger partial charge in [-0.1, -0.05) is 25.1 Å². The number of rotatable bonds is 4. The first kappa shape index (κ1) is 13.3. The summed E-state index contributed by atoms with van der Waals surface area (Å²) in [6.45, 7) is 6.37. The maximum atomic E-state index is 9.92. The minimum absolute atomic E-state index is 0.189. The quantitative estimate of drug-likeness (QED) is 0.850. The molecule has 2 N–H and O–H groups in total. The predicted molar refractivity (Wildman–Crippen MR) is 73.3 cm³/mol. The Labute approximate surface area is 109 Å². The van der Waals surface area contributed by atoms with Crippen molar-refractivity contribution in [3.63, 3.8) is 0 Å². The third-order valence-corrected chi connectivity index (χ3v) is 3.56. The number of hydrazine groups is 1. The highest BCUT2D eigenvalue weighted by molar-refractivity contribution is 5.34. The fourth-order valence-electron chi connectivity index (χ4n) is 2.32. The van der Waals surface area contributed by atoms with Crippen molar-refractivity contribution in [2.24, 2.45) is 0 Å². The van der Waals surface area contributed by atoms with Crippen molar-refractivity contribution in [3.05, 3.63) is 29.8 Å². The number of phenolic OH excluding ortho intramolecular Hbond substituents is 1. The molecule has 0 radical (unpaired) electrons. The molecule has 1 heterocycles. The molecule has 0 amide bonds. The van der Waals surface area contributed by atoms with Gasteiger partial charge < -0.3 is 10.0 Å². The van der Waals surface area contributed by atoms with Gasteiger partial charge in [-0.05, 0) is 19.5 Å². The molecule has 0 spiro atoms. The first-order valence-electron chi connectivity index (χ1n) is 6.68. The summed E-state index contributed by atoms with van der Waals surface area (Å²) in [6.07, 6.45) is 0.962. The Hall–Kier alpha value is -1.10. The lowest BCUT2D eigenvalue weighted by Gasteiger charge is -2.35. The van der Waals surface area contributed by atoms with Crippen molar-refractivity contribution in [2.45, 2.75) is 19.4 Å². The Morgan fingerprint density at radius 3 is 2.50 bits per heavy atom. The van der Waals surface area contributed by atoms with Crippen molar-refractivity contribution in [3.8, 4) is 5.75 Å². The van der Waals surface area contributed by atoms with Gasteiger partial charge in [0.25, 0.3) is 0 Å². The van der Waals surface area contributed by atoms with Crippen molar-refractivity contribution < 1.29 is 5.11 Å². The van der Waals surface area contributed by atoms with Gasteiger partial charge in [-0.25, -0.2) is 10.4 Å². The maximum Gasteiger partial charge on any atom is 0.120 e.